The molecule has 0 saturated heterocycles. The van der Waals surface area contributed by atoms with Gasteiger partial charge in [0.2, 0.25) is 0 Å². The van der Waals surface area contributed by atoms with Crippen LogP contribution < -0.4 is 15.4 Å². The lowest BCUT2D eigenvalue weighted by molar-refractivity contribution is -0.137. The van der Waals surface area contributed by atoms with E-state index in [1.165, 1.54) is 12.1 Å². The van der Waals surface area contributed by atoms with Gasteiger partial charge in [0, 0.05) is 6.54 Å². The highest BCUT2D eigenvalue weighted by molar-refractivity contribution is 5.73. The van der Waals surface area contributed by atoms with Crippen LogP contribution in [0, 0.1) is 0 Å². The van der Waals surface area contributed by atoms with Crippen molar-refractivity contribution in [3.8, 4) is 5.75 Å². The summed E-state index contributed by atoms with van der Waals surface area (Å²) in [5.41, 5.74) is -0.779. The highest BCUT2D eigenvalue weighted by atomic mass is 19.4. The Labute approximate surface area is 155 Å². The molecule has 0 aliphatic carbocycles. The number of benzene rings is 1. The van der Waals surface area contributed by atoms with Gasteiger partial charge in [-0.05, 0) is 44.4 Å². The number of hydrogen-bond donors (Lipinski definition) is 2. The number of amides is 2. The Morgan fingerprint density at radius 3 is 2.63 bits per heavy atom. The molecule has 0 aliphatic heterocycles. The molecule has 0 bridgehead atoms. The molecule has 148 valence electrons. The molecule has 1 aromatic carbocycles. The predicted molar refractivity (Wildman–Crippen MR) is 93.5 cm³/mol. The molecular formula is C18H22F3N3O3. The summed E-state index contributed by atoms with van der Waals surface area (Å²) in [7, 11) is 3.74. The lowest BCUT2D eigenvalue weighted by Crippen LogP contribution is -2.41. The molecule has 1 atom stereocenters. The maximum atomic E-state index is 12.6. The lowest BCUT2D eigenvalue weighted by Gasteiger charge is -2.22. The zero-order chi connectivity index (χ0) is 19.9. The van der Waals surface area contributed by atoms with Crippen LogP contribution in [0.2, 0.25) is 0 Å². The van der Waals surface area contributed by atoms with Gasteiger partial charge in [0.15, 0.2) is 0 Å². The van der Waals surface area contributed by atoms with Gasteiger partial charge in [-0.3, -0.25) is 4.90 Å². The van der Waals surface area contributed by atoms with Crippen molar-refractivity contribution in [2.45, 2.75) is 12.2 Å². The molecule has 0 saturated carbocycles. The van der Waals surface area contributed by atoms with Crippen molar-refractivity contribution >= 4 is 6.03 Å². The van der Waals surface area contributed by atoms with Crippen LogP contribution in [-0.2, 0) is 6.18 Å². The Balaban J connectivity index is 1.72. The van der Waals surface area contributed by atoms with E-state index in [0.29, 0.717) is 6.54 Å². The average Bonchev–Trinajstić information content (AvgIpc) is 3.12. The summed E-state index contributed by atoms with van der Waals surface area (Å²) in [4.78, 5) is 13.8. The normalized spacial score (nSPS) is 12.7. The van der Waals surface area contributed by atoms with Crippen molar-refractivity contribution in [1.29, 1.82) is 0 Å². The van der Waals surface area contributed by atoms with Crippen LogP contribution in [0.1, 0.15) is 17.4 Å². The molecule has 2 N–H and O–H groups in total. The fraction of sp³-hybridized carbons (Fsp3) is 0.389. The fourth-order valence-electron chi connectivity index (χ4n) is 2.37. The monoisotopic (exact) mass is 385 g/mol. The number of carbonyl (C=O) groups excluding carboxylic acids is 1. The van der Waals surface area contributed by atoms with E-state index in [0.717, 1.165) is 17.9 Å². The van der Waals surface area contributed by atoms with E-state index in [-0.39, 0.29) is 24.9 Å². The smallest absolute Gasteiger partial charge is 0.416 e. The van der Waals surface area contributed by atoms with Crippen LogP contribution >= 0.6 is 0 Å². The third-order valence-corrected chi connectivity index (χ3v) is 3.77. The summed E-state index contributed by atoms with van der Waals surface area (Å²) in [6, 6.07) is 7.68. The predicted octanol–water partition coefficient (Wildman–Crippen LogP) is 3.28. The molecule has 27 heavy (non-hydrogen) atoms. The van der Waals surface area contributed by atoms with E-state index >= 15 is 0 Å². The molecule has 0 aliphatic rings. The second-order valence-electron chi connectivity index (χ2n) is 6.01. The first-order chi connectivity index (χ1) is 12.8. The number of alkyl halides is 3. The van der Waals surface area contributed by atoms with E-state index in [2.05, 4.69) is 10.6 Å². The highest BCUT2D eigenvalue weighted by Gasteiger charge is 2.30. The molecule has 0 spiro atoms. The second-order valence-corrected chi connectivity index (χ2v) is 6.01. The summed E-state index contributed by atoms with van der Waals surface area (Å²) in [6.07, 6.45) is -2.86. The molecule has 1 unspecified atom stereocenters. The van der Waals surface area contributed by atoms with Gasteiger partial charge in [-0.2, -0.15) is 13.2 Å². The summed E-state index contributed by atoms with van der Waals surface area (Å²) >= 11 is 0. The number of carbonyl (C=O) groups is 1. The fourth-order valence-corrected chi connectivity index (χ4v) is 2.37. The molecule has 2 rings (SSSR count). The van der Waals surface area contributed by atoms with Crippen LogP contribution in [0.25, 0.3) is 0 Å². The largest absolute Gasteiger partial charge is 0.492 e. The molecule has 6 nitrogen and oxygen atoms in total. The van der Waals surface area contributed by atoms with Crippen molar-refractivity contribution < 1.29 is 27.1 Å². The third-order valence-electron chi connectivity index (χ3n) is 3.77. The van der Waals surface area contributed by atoms with Gasteiger partial charge in [-0.25, -0.2) is 4.79 Å². The number of likely N-dealkylation sites (N-methyl/N-ethyl adjacent to an activating group) is 1. The van der Waals surface area contributed by atoms with E-state index in [1.54, 1.807) is 12.3 Å². The minimum absolute atomic E-state index is 0.0457. The number of nitrogens with one attached hydrogen (secondary N) is 2. The quantitative estimate of drug-likeness (QED) is 0.685. The van der Waals surface area contributed by atoms with Gasteiger partial charge >= 0.3 is 12.2 Å². The number of nitrogens with zero attached hydrogens (tertiary/aromatic N) is 1. The number of furan rings is 1. The molecule has 1 aromatic heterocycles. The number of halogens is 3. The molecular weight excluding hydrogens is 363 g/mol. The Morgan fingerprint density at radius 2 is 2.00 bits per heavy atom. The first-order valence-corrected chi connectivity index (χ1v) is 8.29. The maximum absolute atomic E-state index is 12.6. The van der Waals surface area contributed by atoms with Gasteiger partial charge in [0.25, 0.3) is 0 Å². The first-order valence-electron chi connectivity index (χ1n) is 8.29. The molecule has 0 fully saturated rings. The topological polar surface area (TPSA) is 66.7 Å². The van der Waals surface area contributed by atoms with Crippen molar-refractivity contribution in [2.24, 2.45) is 0 Å². The van der Waals surface area contributed by atoms with Gasteiger partial charge in [0.1, 0.15) is 18.1 Å². The van der Waals surface area contributed by atoms with Crippen LogP contribution in [0.5, 0.6) is 5.75 Å². The van der Waals surface area contributed by atoms with Crippen LogP contribution in [0.3, 0.4) is 0 Å². The third kappa shape index (κ3) is 6.52. The average molecular weight is 385 g/mol. The molecule has 1 heterocycles. The van der Waals surface area contributed by atoms with Gasteiger partial charge in [0.05, 0.1) is 24.4 Å². The first kappa shape index (κ1) is 20.6. The Kier molecular flexibility index (Phi) is 7.12. The number of urea groups is 1. The van der Waals surface area contributed by atoms with E-state index in [1.807, 2.05) is 25.1 Å². The SMILES string of the molecule is CN(C)C(CNC(=O)NCCOc1cccc(C(F)(F)F)c1)c1ccco1. The summed E-state index contributed by atoms with van der Waals surface area (Å²) in [6.45, 7) is 0.528. The van der Waals surface area contributed by atoms with Crippen molar-refractivity contribution in [3.05, 3.63) is 54.0 Å². The molecule has 2 amide bonds. The van der Waals surface area contributed by atoms with Gasteiger partial charge in [-0.1, -0.05) is 6.07 Å². The van der Waals surface area contributed by atoms with Crippen LogP contribution in [0.15, 0.2) is 47.1 Å². The lowest BCUT2D eigenvalue weighted by atomic mass is 10.2. The Hall–Kier alpha value is -2.68. The Bertz CT molecular complexity index is 718. The van der Waals surface area contributed by atoms with Crippen molar-refractivity contribution in [1.82, 2.24) is 15.5 Å². The number of hydrogen-bond acceptors (Lipinski definition) is 4. The minimum atomic E-state index is -4.42. The zero-order valence-corrected chi connectivity index (χ0v) is 15.0. The van der Waals surface area contributed by atoms with E-state index in [9.17, 15) is 18.0 Å². The van der Waals surface area contributed by atoms with Gasteiger partial charge in [-0.15, -0.1) is 0 Å². The second kappa shape index (κ2) is 9.31. The highest BCUT2D eigenvalue weighted by Crippen LogP contribution is 2.31. The van der Waals surface area contributed by atoms with Crippen LogP contribution in [0.4, 0.5) is 18.0 Å². The van der Waals surface area contributed by atoms with Crippen molar-refractivity contribution in [3.63, 3.8) is 0 Å². The molecule has 2 aromatic rings. The minimum Gasteiger partial charge on any atom is -0.492 e. The Morgan fingerprint density at radius 1 is 1.22 bits per heavy atom. The van der Waals surface area contributed by atoms with E-state index in [4.69, 9.17) is 9.15 Å². The van der Waals surface area contributed by atoms with Crippen LogP contribution in [-0.4, -0.2) is 44.7 Å². The number of rotatable bonds is 8. The molecule has 9 heteroatoms. The summed E-state index contributed by atoms with van der Waals surface area (Å²) in [5, 5.41) is 5.31. The zero-order valence-electron chi connectivity index (χ0n) is 15.0. The summed E-state index contributed by atoms with van der Waals surface area (Å²) < 4.78 is 48.5. The standard InChI is InChI=1S/C18H22F3N3O3/c1-24(2)15(16-7-4-9-27-16)12-23-17(25)22-8-10-26-14-6-3-5-13(11-14)18(19,20)21/h3-7,9,11,15H,8,10,12H2,1-2H3,(H2,22,23,25). The summed E-state index contributed by atoms with van der Waals surface area (Å²) in [5.74, 6) is 0.825. The van der Waals surface area contributed by atoms with Gasteiger partial charge < -0.3 is 19.8 Å². The molecule has 0 radical (unpaired) electrons. The maximum Gasteiger partial charge on any atom is 0.416 e. The van der Waals surface area contributed by atoms with E-state index < -0.39 is 17.8 Å². The van der Waals surface area contributed by atoms with Crippen molar-refractivity contribution in [2.75, 3.05) is 33.8 Å². The number of ether oxygens (including phenoxy) is 1.